The lowest BCUT2D eigenvalue weighted by Gasteiger charge is -2.35. The number of amides is 1. The van der Waals surface area contributed by atoms with Gasteiger partial charge in [0.1, 0.15) is 0 Å². The van der Waals surface area contributed by atoms with Gasteiger partial charge in [0.25, 0.3) is 5.91 Å². The van der Waals surface area contributed by atoms with Crippen LogP contribution in [-0.4, -0.2) is 61.3 Å². The first-order valence-corrected chi connectivity index (χ1v) is 11.2. The molecule has 6 nitrogen and oxygen atoms in total. The minimum absolute atomic E-state index is 0.0809. The molecule has 2 heterocycles. The number of aromatic nitrogens is 2. The minimum Gasteiger partial charge on any atom is -0.378 e. The molecule has 1 amide bonds. The number of hydrogen-bond donors (Lipinski definition) is 0. The van der Waals surface area contributed by atoms with Crippen molar-refractivity contribution < 1.29 is 4.79 Å². The summed E-state index contributed by atoms with van der Waals surface area (Å²) in [5.74, 6) is 0.929. The number of carbonyl (C=O) groups excluding carboxylic acids is 1. The van der Waals surface area contributed by atoms with Crippen LogP contribution >= 0.6 is 0 Å². The number of hydrogen-bond acceptors (Lipinski definition) is 5. The van der Waals surface area contributed by atoms with Crippen LogP contribution in [0.5, 0.6) is 0 Å². The summed E-state index contributed by atoms with van der Waals surface area (Å²) in [6.45, 7) is 2.82. The third-order valence-corrected chi connectivity index (χ3v) is 6.24. The van der Waals surface area contributed by atoms with Crippen molar-refractivity contribution in [2.75, 3.05) is 50.1 Å². The van der Waals surface area contributed by atoms with E-state index in [4.69, 9.17) is 0 Å². The molecule has 0 unspecified atom stereocenters. The zero-order valence-electron chi connectivity index (χ0n) is 19.0. The van der Waals surface area contributed by atoms with Crippen molar-refractivity contribution in [3.63, 3.8) is 0 Å². The molecule has 1 aliphatic heterocycles. The molecular formula is C27H27N5O. The van der Waals surface area contributed by atoms with Gasteiger partial charge in [0, 0.05) is 57.1 Å². The maximum absolute atomic E-state index is 12.9. The standard InChI is InChI=1S/C27H27N5O/c1-30(2)22-12-10-21(11-13-22)27(33)32-18-16-31(17-19-32)26-15-14-25(28-29-26)24-9-5-7-20-6-3-4-8-23(20)24/h3-15H,16-19H2,1-2H3. The van der Waals surface area contributed by atoms with Crippen LogP contribution in [0.4, 0.5) is 11.5 Å². The molecular weight excluding hydrogens is 410 g/mol. The van der Waals surface area contributed by atoms with Crippen molar-refractivity contribution in [2.24, 2.45) is 0 Å². The molecule has 1 saturated heterocycles. The van der Waals surface area contributed by atoms with Crippen molar-refractivity contribution in [2.45, 2.75) is 0 Å². The Morgan fingerprint density at radius 2 is 1.52 bits per heavy atom. The maximum Gasteiger partial charge on any atom is 0.253 e. The van der Waals surface area contributed by atoms with Gasteiger partial charge in [0.05, 0.1) is 5.69 Å². The molecule has 3 aromatic carbocycles. The van der Waals surface area contributed by atoms with Crippen molar-refractivity contribution >= 4 is 28.2 Å². The Bertz CT molecular complexity index is 1250. The lowest BCUT2D eigenvalue weighted by atomic mass is 10.0. The highest BCUT2D eigenvalue weighted by Crippen LogP contribution is 2.27. The first kappa shape index (κ1) is 20.9. The SMILES string of the molecule is CN(C)c1ccc(C(=O)N2CCN(c3ccc(-c4cccc5ccccc45)nn3)CC2)cc1. The molecule has 0 aliphatic carbocycles. The summed E-state index contributed by atoms with van der Waals surface area (Å²) in [4.78, 5) is 19.0. The van der Waals surface area contributed by atoms with Gasteiger partial charge >= 0.3 is 0 Å². The quantitative estimate of drug-likeness (QED) is 0.476. The summed E-state index contributed by atoms with van der Waals surface area (Å²) in [7, 11) is 3.99. The summed E-state index contributed by atoms with van der Waals surface area (Å²) >= 11 is 0. The Labute approximate surface area is 194 Å². The zero-order chi connectivity index (χ0) is 22.8. The van der Waals surface area contributed by atoms with Gasteiger partial charge in [-0.15, -0.1) is 10.2 Å². The Kier molecular flexibility index (Phi) is 5.65. The van der Waals surface area contributed by atoms with Gasteiger partial charge in [-0.2, -0.15) is 0 Å². The predicted octanol–water partition coefficient (Wildman–Crippen LogP) is 4.33. The fraction of sp³-hybridized carbons (Fsp3) is 0.222. The van der Waals surface area contributed by atoms with E-state index in [0.717, 1.165) is 41.4 Å². The molecule has 166 valence electrons. The van der Waals surface area contributed by atoms with Crippen LogP contribution in [0.2, 0.25) is 0 Å². The maximum atomic E-state index is 12.9. The zero-order valence-corrected chi connectivity index (χ0v) is 19.0. The summed E-state index contributed by atoms with van der Waals surface area (Å²) in [6, 6.07) is 26.4. The number of fused-ring (bicyclic) bond motifs is 1. The van der Waals surface area contributed by atoms with Crippen molar-refractivity contribution in [3.8, 4) is 11.3 Å². The Balaban J connectivity index is 1.25. The fourth-order valence-electron chi connectivity index (χ4n) is 4.31. The number of benzene rings is 3. The van der Waals surface area contributed by atoms with E-state index in [2.05, 4.69) is 45.4 Å². The summed E-state index contributed by atoms with van der Waals surface area (Å²) in [6.07, 6.45) is 0. The molecule has 1 fully saturated rings. The Hall–Kier alpha value is -3.93. The van der Waals surface area contributed by atoms with E-state index in [0.29, 0.717) is 13.1 Å². The molecule has 0 radical (unpaired) electrons. The second-order valence-corrected chi connectivity index (χ2v) is 8.52. The van der Waals surface area contributed by atoms with Gasteiger partial charge in [0.2, 0.25) is 0 Å². The highest BCUT2D eigenvalue weighted by molar-refractivity contribution is 5.96. The summed E-state index contributed by atoms with van der Waals surface area (Å²) in [5, 5.41) is 11.4. The third kappa shape index (κ3) is 4.24. The topological polar surface area (TPSA) is 52.6 Å². The molecule has 0 saturated carbocycles. The minimum atomic E-state index is 0.0809. The molecule has 5 rings (SSSR count). The van der Waals surface area contributed by atoms with Gasteiger partial charge in [0.15, 0.2) is 5.82 Å². The molecule has 0 spiro atoms. The smallest absolute Gasteiger partial charge is 0.253 e. The predicted molar refractivity (Wildman–Crippen MR) is 134 cm³/mol. The number of rotatable bonds is 4. The van der Waals surface area contributed by atoms with Gasteiger partial charge in [-0.3, -0.25) is 4.79 Å². The van der Waals surface area contributed by atoms with E-state index in [1.165, 1.54) is 10.8 Å². The van der Waals surface area contributed by atoms with E-state index in [9.17, 15) is 4.79 Å². The first-order valence-electron chi connectivity index (χ1n) is 11.2. The van der Waals surface area contributed by atoms with Crippen molar-refractivity contribution in [1.29, 1.82) is 0 Å². The van der Waals surface area contributed by atoms with Crippen molar-refractivity contribution in [3.05, 3.63) is 84.4 Å². The van der Waals surface area contributed by atoms with E-state index >= 15 is 0 Å². The van der Waals surface area contributed by atoms with Crippen molar-refractivity contribution in [1.82, 2.24) is 15.1 Å². The van der Waals surface area contributed by atoms with Crippen LogP contribution < -0.4 is 9.80 Å². The second-order valence-electron chi connectivity index (χ2n) is 8.52. The van der Waals surface area contributed by atoms with E-state index in [1.807, 2.05) is 72.4 Å². The lowest BCUT2D eigenvalue weighted by molar-refractivity contribution is 0.0746. The normalized spacial score (nSPS) is 13.9. The van der Waals surface area contributed by atoms with Crippen LogP contribution in [0.3, 0.4) is 0 Å². The molecule has 4 aromatic rings. The van der Waals surface area contributed by atoms with Crippen LogP contribution in [0, 0.1) is 0 Å². The molecule has 0 N–H and O–H groups in total. The van der Waals surface area contributed by atoms with Gasteiger partial charge in [-0.05, 0) is 47.2 Å². The van der Waals surface area contributed by atoms with Gasteiger partial charge in [-0.1, -0.05) is 42.5 Å². The highest BCUT2D eigenvalue weighted by Gasteiger charge is 2.23. The van der Waals surface area contributed by atoms with Crippen LogP contribution in [-0.2, 0) is 0 Å². The Morgan fingerprint density at radius 1 is 0.788 bits per heavy atom. The van der Waals surface area contributed by atoms with Crippen LogP contribution in [0.15, 0.2) is 78.9 Å². The fourth-order valence-corrected chi connectivity index (χ4v) is 4.31. The average Bonchev–Trinajstić information content (AvgIpc) is 2.88. The molecule has 6 heteroatoms. The molecule has 0 atom stereocenters. The molecule has 1 aliphatic rings. The average molecular weight is 438 g/mol. The van der Waals surface area contributed by atoms with Gasteiger partial charge in [-0.25, -0.2) is 0 Å². The number of carbonyl (C=O) groups is 1. The van der Waals surface area contributed by atoms with E-state index < -0.39 is 0 Å². The van der Waals surface area contributed by atoms with Gasteiger partial charge < -0.3 is 14.7 Å². The van der Waals surface area contributed by atoms with E-state index in [-0.39, 0.29) is 5.91 Å². The first-order chi connectivity index (χ1) is 16.1. The van der Waals surface area contributed by atoms with Crippen LogP contribution in [0.1, 0.15) is 10.4 Å². The summed E-state index contributed by atoms with van der Waals surface area (Å²) < 4.78 is 0. The highest BCUT2D eigenvalue weighted by atomic mass is 16.2. The number of anilines is 2. The lowest BCUT2D eigenvalue weighted by Crippen LogP contribution is -2.49. The summed E-state index contributed by atoms with van der Waals surface area (Å²) in [5.41, 5.74) is 3.77. The molecule has 33 heavy (non-hydrogen) atoms. The second kappa shape index (κ2) is 8.90. The Morgan fingerprint density at radius 3 is 2.21 bits per heavy atom. The monoisotopic (exact) mass is 437 g/mol. The van der Waals surface area contributed by atoms with Crippen LogP contribution in [0.25, 0.3) is 22.0 Å². The molecule has 1 aromatic heterocycles. The third-order valence-electron chi connectivity index (χ3n) is 6.24. The molecule has 0 bridgehead atoms. The largest absolute Gasteiger partial charge is 0.378 e. The van der Waals surface area contributed by atoms with E-state index in [1.54, 1.807) is 0 Å². The number of nitrogens with zero attached hydrogens (tertiary/aromatic N) is 5. The number of piperazine rings is 1.